The minimum atomic E-state index is 0.699. The van der Waals surface area contributed by atoms with Crippen molar-refractivity contribution in [2.75, 3.05) is 5.73 Å². The van der Waals surface area contributed by atoms with Crippen LogP contribution < -0.4 is 5.73 Å². The Morgan fingerprint density at radius 3 is 2.68 bits per heavy atom. The van der Waals surface area contributed by atoms with E-state index in [0.717, 1.165) is 21.9 Å². The molecule has 2 heterocycles. The molecule has 1 aromatic carbocycles. The van der Waals surface area contributed by atoms with Gasteiger partial charge in [0.05, 0.1) is 5.69 Å². The van der Waals surface area contributed by atoms with Crippen LogP contribution in [0.4, 0.5) is 5.82 Å². The minimum absolute atomic E-state index is 0.699. The van der Waals surface area contributed by atoms with Crippen molar-refractivity contribution in [3.63, 3.8) is 0 Å². The Bertz CT molecular complexity index is 729. The summed E-state index contributed by atoms with van der Waals surface area (Å²) < 4.78 is 1.91. The van der Waals surface area contributed by atoms with Crippen LogP contribution in [0.3, 0.4) is 0 Å². The van der Waals surface area contributed by atoms with E-state index in [-0.39, 0.29) is 0 Å². The lowest BCUT2D eigenvalue weighted by atomic mass is 10.1. The van der Waals surface area contributed by atoms with Gasteiger partial charge in [0, 0.05) is 17.6 Å². The van der Waals surface area contributed by atoms with Crippen molar-refractivity contribution in [1.29, 1.82) is 0 Å². The number of rotatable bonds is 2. The molecule has 19 heavy (non-hydrogen) atoms. The lowest BCUT2D eigenvalue weighted by molar-refractivity contribution is 1.12. The van der Waals surface area contributed by atoms with E-state index in [1.165, 1.54) is 5.56 Å². The Labute approximate surface area is 116 Å². The van der Waals surface area contributed by atoms with Crippen LogP contribution in [-0.2, 0) is 6.42 Å². The number of nitrogens with zero attached hydrogens (tertiary/aromatic N) is 2. The number of halogens is 1. The fraction of sp³-hybridized carbons (Fsp3) is 0.133. The second kappa shape index (κ2) is 4.59. The van der Waals surface area contributed by atoms with E-state index in [9.17, 15) is 0 Å². The van der Waals surface area contributed by atoms with E-state index in [4.69, 9.17) is 17.3 Å². The molecule has 96 valence electrons. The van der Waals surface area contributed by atoms with Crippen LogP contribution in [-0.4, -0.2) is 9.38 Å². The summed E-state index contributed by atoms with van der Waals surface area (Å²) in [6, 6.07) is 11.8. The SMILES string of the molecule is Cc1ccn2c(N)c(Cc3ccc(Cl)cc3)nc2c1. The predicted octanol–water partition coefficient (Wildman–Crippen LogP) is 3.47. The fourth-order valence-corrected chi connectivity index (χ4v) is 2.27. The van der Waals surface area contributed by atoms with Crippen molar-refractivity contribution in [2.45, 2.75) is 13.3 Å². The average Bonchev–Trinajstić information content (AvgIpc) is 2.68. The minimum Gasteiger partial charge on any atom is -0.383 e. The number of aromatic nitrogens is 2. The summed E-state index contributed by atoms with van der Waals surface area (Å²) in [5.74, 6) is 0.699. The molecule has 3 nitrogen and oxygen atoms in total. The Morgan fingerprint density at radius 2 is 1.95 bits per heavy atom. The number of aryl methyl sites for hydroxylation is 1. The van der Waals surface area contributed by atoms with E-state index in [1.54, 1.807) is 0 Å². The molecule has 0 atom stereocenters. The summed E-state index contributed by atoms with van der Waals surface area (Å²) >= 11 is 5.88. The van der Waals surface area contributed by atoms with Crippen LogP contribution in [0.2, 0.25) is 5.02 Å². The standard InChI is InChI=1S/C15H14ClN3/c1-10-6-7-19-14(8-10)18-13(15(19)17)9-11-2-4-12(16)5-3-11/h2-8H,9,17H2,1H3. The highest BCUT2D eigenvalue weighted by Gasteiger charge is 2.09. The van der Waals surface area contributed by atoms with Gasteiger partial charge in [-0.3, -0.25) is 4.40 Å². The highest BCUT2D eigenvalue weighted by Crippen LogP contribution is 2.20. The topological polar surface area (TPSA) is 43.3 Å². The molecule has 0 saturated carbocycles. The third kappa shape index (κ3) is 2.29. The quantitative estimate of drug-likeness (QED) is 0.776. The first kappa shape index (κ1) is 12.1. The van der Waals surface area contributed by atoms with Gasteiger partial charge in [0.25, 0.3) is 0 Å². The van der Waals surface area contributed by atoms with Crippen LogP contribution >= 0.6 is 11.6 Å². The third-order valence-electron chi connectivity index (χ3n) is 3.18. The number of hydrogen-bond acceptors (Lipinski definition) is 2. The number of anilines is 1. The molecule has 0 amide bonds. The first-order chi connectivity index (χ1) is 9.13. The van der Waals surface area contributed by atoms with E-state index < -0.39 is 0 Å². The molecule has 0 saturated heterocycles. The zero-order valence-corrected chi connectivity index (χ0v) is 11.4. The first-order valence-corrected chi connectivity index (χ1v) is 6.49. The molecule has 0 aliphatic heterocycles. The molecule has 3 aromatic rings. The lowest BCUT2D eigenvalue weighted by Crippen LogP contribution is -1.97. The van der Waals surface area contributed by atoms with Gasteiger partial charge in [-0.05, 0) is 42.3 Å². The molecule has 0 bridgehead atoms. The lowest BCUT2D eigenvalue weighted by Gasteiger charge is -2.00. The molecular formula is C15H14ClN3. The molecule has 0 aliphatic rings. The number of nitrogen functional groups attached to an aromatic ring is 1. The number of pyridine rings is 1. The van der Waals surface area contributed by atoms with Crippen molar-refractivity contribution in [2.24, 2.45) is 0 Å². The number of nitrogens with two attached hydrogens (primary N) is 1. The zero-order chi connectivity index (χ0) is 13.4. The van der Waals surface area contributed by atoms with Crippen molar-refractivity contribution in [1.82, 2.24) is 9.38 Å². The summed E-state index contributed by atoms with van der Waals surface area (Å²) in [6.45, 7) is 2.05. The zero-order valence-electron chi connectivity index (χ0n) is 10.6. The Balaban J connectivity index is 2.01. The number of fused-ring (bicyclic) bond motifs is 1. The van der Waals surface area contributed by atoms with Gasteiger partial charge in [0.15, 0.2) is 0 Å². The Morgan fingerprint density at radius 1 is 1.21 bits per heavy atom. The average molecular weight is 272 g/mol. The highest BCUT2D eigenvalue weighted by molar-refractivity contribution is 6.30. The van der Waals surface area contributed by atoms with Gasteiger partial charge < -0.3 is 5.73 Å². The predicted molar refractivity (Wildman–Crippen MR) is 78.6 cm³/mol. The monoisotopic (exact) mass is 271 g/mol. The van der Waals surface area contributed by atoms with Crippen LogP contribution in [0, 0.1) is 6.92 Å². The van der Waals surface area contributed by atoms with Crippen LogP contribution in [0.1, 0.15) is 16.8 Å². The maximum absolute atomic E-state index is 6.14. The van der Waals surface area contributed by atoms with Gasteiger partial charge in [-0.1, -0.05) is 23.7 Å². The van der Waals surface area contributed by atoms with Gasteiger partial charge in [-0.25, -0.2) is 4.98 Å². The van der Waals surface area contributed by atoms with Crippen molar-refractivity contribution in [3.05, 3.63) is 64.4 Å². The Hall–Kier alpha value is -2.00. The summed E-state index contributed by atoms with van der Waals surface area (Å²) in [4.78, 5) is 4.60. The number of imidazole rings is 1. The highest BCUT2D eigenvalue weighted by atomic mass is 35.5. The van der Waals surface area contributed by atoms with Gasteiger partial charge in [-0.2, -0.15) is 0 Å². The molecule has 0 unspecified atom stereocenters. The normalized spacial score (nSPS) is 11.1. The largest absolute Gasteiger partial charge is 0.383 e. The van der Waals surface area contributed by atoms with E-state index in [1.807, 2.05) is 53.9 Å². The van der Waals surface area contributed by atoms with Gasteiger partial charge in [-0.15, -0.1) is 0 Å². The number of hydrogen-bond donors (Lipinski definition) is 1. The molecule has 2 aromatic heterocycles. The molecule has 4 heteroatoms. The Kier molecular flexibility index (Phi) is 2.91. The maximum Gasteiger partial charge on any atom is 0.138 e. The van der Waals surface area contributed by atoms with Crippen LogP contribution in [0.15, 0.2) is 42.6 Å². The summed E-state index contributed by atoms with van der Waals surface area (Å²) in [5, 5.41) is 0.738. The molecule has 0 spiro atoms. The second-order valence-corrected chi connectivity index (χ2v) is 5.12. The van der Waals surface area contributed by atoms with Crippen molar-refractivity contribution >= 4 is 23.1 Å². The third-order valence-corrected chi connectivity index (χ3v) is 3.43. The van der Waals surface area contributed by atoms with Crippen molar-refractivity contribution in [3.8, 4) is 0 Å². The summed E-state index contributed by atoms with van der Waals surface area (Å²) in [6.07, 6.45) is 2.67. The van der Waals surface area contributed by atoms with Gasteiger partial charge in [0.2, 0.25) is 0 Å². The number of benzene rings is 1. The molecule has 0 aliphatic carbocycles. The van der Waals surface area contributed by atoms with E-state index in [2.05, 4.69) is 4.98 Å². The van der Waals surface area contributed by atoms with E-state index >= 15 is 0 Å². The second-order valence-electron chi connectivity index (χ2n) is 4.68. The molecule has 0 fully saturated rings. The first-order valence-electron chi connectivity index (χ1n) is 6.11. The summed E-state index contributed by atoms with van der Waals surface area (Å²) in [7, 11) is 0. The fourth-order valence-electron chi connectivity index (χ4n) is 2.14. The van der Waals surface area contributed by atoms with Crippen molar-refractivity contribution < 1.29 is 0 Å². The summed E-state index contributed by atoms with van der Waals surface area (Å²) in [5.41, 5.74) is 10.3. The molecule has 2 N–H and O–H groups in total. The molecule has 0 radical (unpaired) electrons. The molecular weight excluding hydrogens is 258 g/mol. The molecule has 3 rings (SSSR count). The maximum atomic E-state index is 6.14. The van der Waals surface area contributed by atoms with Crippen LogP contribution in [0.5, 0.6) is 0 Å². The van der Waals surface area contributed by atoms with Crippen LogP contribution in [0.25, 0.3) is 5.65 Å². The smallest absolute Gasteiger partial charge is 0.138 e. The van der Waals surface area contributed by atoms with E-state index in [0.29, 0.717) is 12.2 Å². The van der Waals surface area contributed by atoms with Gasteiger partial charge in [0.1, 0.15) is 11.5 Å². The van der Waals surface area contributed by atoms with Gasteiger partial charge >= 0.3 is 0 Å².